The second-order valence-corrected chi connectivity index (χ2v) is 5.38. The van der Waals surface area contributed by atoms with Crippen molar-refractivity contribution >= 4 is 39.9 Å². The van der Waals surface area contributed by atoms with Crippen LogP contribution in [-0.4, -0.2) is 9.78 Å². The van der Waals surface area contributed by atoms with E-state index >= 15 is 0 Å². The van der Waals surface area contributed by atoms with Gasteiger partial charge >= 0.3 is 6.18 Å². The van der Waals surface area contributed by atoms with Crippen molar-refractivity contribution in [1.29, 1.82) is 0 Å². The zero-order chi connectivity index (χ0) is 16.7. The number of hydrogen-bond acceptors (Lipinski definition) is 3. The van der Waals surface area contributed by atoms with E-state index in [1.807, 2.05) is 0 Å². The monoisotopic (exact) mass is 447 g/mol. The number of nitrogen functional groups attached to an aromatic ring is 1. The number of rotatable bonds is 2. The van der Waals surface area contributed by atoms with Crippen LogP contribution in [0, 0.1) is 5.82 Å². The fraction of sp³-hybridized carbons (Fsp3) is 0.167. The highest BCUT2D eigenvalue weighted by atomic mass is 127. The number of anilines is 1. The Kier molecular flexibility index (Phi) is 4.66. The Morgan fingerprint density at radius 3 is 2.55 bits per heavy atom. The summed E-state index contributed by atoms with van der Waals surface area (Å²) in [5, 5.41) is 3.32. The van der Waals surface area contributed by atoms with E-state index < -0.39 is 28.7 Å². The molecule has 0 fully saturated rings. The van der Waals surface area contributed by atoms with Crippen molar-refractivity contribution in [2.75, 3.05) is 5.73 Å². The summed E-state index contributed by atoms with van der Waals surface area (Å²) in [4.78, 5) is 12.2. The van der Waals surface area contributed by atoms with Crippen molar-refractivity contribution < 1.29 is 17.6 Å². The van der Waals surface area contributed by atoms with Gasteiger partial charge in [-0.3, -0.25) is 4.79 Å². The number of alkyl halides is 4. The summed E-state index contributed by atoms with van der Waals surface area (Å²) in [5.74, 6) is -0.923. The maximum atomic E-state index is 13.9. The molecule has 0 spiro atoms. The van der Waals surface area contributed by atoms with Crippen molar-refractivity contribution in [3.05, 3.63) is 50.7 Å². The average Bonchev–Trinajstić information content (AvgIpc) is 2.42. The number of nitrogens with two attached hydrogens (primary N) is 1. The van der Waals surface area contributed by atoms with Crippen molar-refractivity contribution in [3.8, 4) is 5.69 Å². The maximum absolute atomic E-state index is 13.9. The predicted molar refractivity (Wildman–Crippen MR) is 81.9 cm³/mol. The molecule has 22 heavy (non-hydrogen) atoms. The van der Waals surface area contributed by atoms with Gasteiger partial charge in [-0.1, -0.05) is 34.2 Å². The van der Waals surface area contributed by atoms with Crippen LogP contribution in [0.4, 0.5) is 23.2 Å². The smallest absolute Gasteiger partial charge is 0.397 e. The molecule has 0 aliphatic carbocycles. The second-order valence-electron chi connectivity index (χ2n) is 4.21. The Labute approximate surface area is 140 Å². The Balaban J connectivity index is 2.74. The van der Waals surface area contributed by atoms with E-state index in [0.29, 0.717) is 10.9 Å². The van der Waals surface area contributed by atoms with Gasteiger partial charge in [0, 0.05) is 9.99 Å². The molecule has 2 rings (SSSR count). The maximum Gasteiger partial charge on any atom is 0.418 e. The van der Waals surface area contributed by atoms with Crippen LogP contribution in [0.3, 0.4) is 0 Å². The van der Waals surface area contributed by atoms with E-state index in [4.69, 9.17) is 17.3 Å². The molecule has 4 nitrogen and oxygen atoms in total. The normalized spacial score (nSPS) is 11.7. The van der Waals surface area contributed by atoms with Crippen LogP contribution in [0.2, 0.25) is 5.02 Å². The molecule has 0 radical (unpaired) electrons. The van der Waals surface area contributed by atoms with Crippen molar-refractivity contribution in [2.24, 2.45) is 0 Å². The summed E-state index contributed by atoms with van der Waals surface area (Å²) in [6.45, 7) is 0. The van der Waals surface area contributed by atoms with Crippen LogP contribution in [0.15, 0.2) is 23.1 Å². The Hall–Kier alpha value is -1.36. The molecule has 1 heterocycles. The summed E-state index contributed by atoms with van der Waals surface area (Å²) >= 11 is 7.25. The quantitative estimate of drug-likeness (QED) is 0.331. The number of benzene rings is 1. The lowest BCUT2D eigenvalue weighted by atomic mass is 10.2. The van der Waals surface area contributed by atoms with E-state index in [1.165, 1.54) is 0 Å². The predicted octanol–water partition coefficient (Wildman–Crippen LogP) is 3.56. The van der Waals surface area contributed by atoms with Gasteiger partial charge in [-0.25, -0.2) is 4.39 Å². The Bertz CT molecular complexity index is 791. The van der Waals surface area contributed by atoms with Gasteiger partial charge in [0.25, 0.3) is 5.56 Å². The molecular formula is C12H7ClF4IN3O. The first-order valence-corrected chi connectivity index (χ1v) is 7.56. The largest absolute Gasteiger partial charge is 0.418 e. The molecule has 2 aromatic rings. The van der Waals surface area contributed by atoms with Crippen molar-refractivity contribution in [3.63, 3.8) is 0 Å². The summed E-state index contributed by atoms with van der Waals surface area (Å²) in [5.41, 5.74) is 2.40. The highest BCUT2D eigenvalue weighted by molar-refractivity contribution is 14.1. The van der Waals surface area contributed by atoms with Gasteiger partial charge in [-0.15, -0.1) is 0 Å². The van der Waals surface area contributed by atoms with E-state index in [0.717, 1.165) is 12.1 Å². The van der Waals surface area contributed by atoms with E-state index in [-0.39, 0.29) is 20.8 Å². The first kappa shape index (κ1) is 17.0. The number of halogens is 6. The van der Waals surface area contributed by atoms with Crippen LogP contribution < -0.4 is 11.3 Å². The van der Waals surface area contributed by atoms with Crippen LogP contribution in [0.5, 0.6) is 0 Å². The van der Waals surface area contributed by atoms with Crippen LogP contribution in [-0.2, 0) is 10.6 Å². The summed E-state index contributed by atoms with van der Waals surface area (Å²) < 4.78 is 52.8. The van der Waals surface area contributed by atoms with Gasteiger partial charge in [-0.2, -0.15) is 23.0 Å². The third kappa shape index (κ3) is 3.05. The lowest BCUT2D eigenvalue weighted by Gasteiger charge is -2.13. The number of nitrogens with zero attached hydrogens (tertiary/aromatic N) is 2. The van der Waals surface area contributed by atoms with E-state index in [1.54, 1.807) is 22.6 Å². The minimum absolute atomic E-state index is 0.0253. The fourth-order valence-electron chi connectivity index (χ4n) is 1.75. The zero-order valence-electron chi connectivity index (χ0n) is 10.6. The zero-order valence-corrected chi connectivity index (χ0v) is 13.5. The first-order chi connectivity index (χ1) is 10.2. The molecule has 0 aliphatic rings. The molecule has 0 bridgehead atoms. The molecule has 0 saturated heterocycles. The van der Waals surface area contributed by atoms with Crippen molar-refractivity contribution in [2.45, 2.75) is 10.6 Å². The summed E-state index contributed by atoms with van der Waals surface area (Å²) in [6.07, 6.45) is -4.23. The minimum atomic E-state index is -4.72. The Morgan fingerprint density at radius 2 is 2.00 bits per heavy atom. The molecule has 0 aliphatic heterocycles. The van der Waals surface area contributed by atoms with Gasteiger partial charge in [0.2, 0.25) is 0 Å². The highest BCUT2D eigenvalue weighted by Crippen LogP contribution is 2.31. The Morgan fingerprint density at radius 1 is 1.36 bits per heavy atom. The highest BCUT2D eigenvalue weighted by Gasteiger charge is 2.35. The third-order valence-corrected chi connectivity index (χ3v) is 3.90. The fourth-order valence-corrected chi connectivity index (χ4v) is 2.64. The van der Waals surface area contributed by atoms with Crippen LogP contribution in [0.1, 0.15) is 11.1 Å². The van der Waals surface area contributed by atoms with E-state index in [2.05, 4.69) is 5.10 Å². The lowest BCUT2D eigenvalue weighted by molar-refractivity contribution is -0.138. The first-order valence-electron chi connectivity index (χ1n) is 5.66. The molecule has 1 aromatic carbocycles. The molecule has 0 saturated carbocycles. The summed E-state index contributed by atoms with van der Waals surface area (Å²) in [7, 11) is 0. The van der Waals surface area contributed by atoms with Gasteiger partial charge in [0.15, 0.2) is 5.82 Å². The van der Waals surface area contributed by atoms with E-state index in [9.17, 15) is 22.4 Å². The van der Waals surface area contributed by atoms with Crippen LogP contribution >= 0.6 is 34.2 Å². The topological polar surface area (TPSA) is 60.9 Å². The van der Waals surface area contributed by atoms with Gasteiger partial charge in [-0.05, 0) is 12.1 Å². The molecule has 1 aromatic heterocycles. The molecule has 0 atom stereocenters. The second kappa shape index (κ2) is 6.03. The molecule has 118 valence electrons. The molecular weight excluding hydrogens is 441 g/mol. The minimum Gasteiger partial charge on any atom is -0.397 e. The third-order valence-electron chi connectivity index (χ3n) is 2.81. The number of aromatic nitrogens is 2. The van der Waals surface area contributed by atoms with Crippen molar-refractivity contribution in [1.82, 2.24) is 9.78 Å². The summed E-state index contributed by atoms with van der Waals surface area (Å²) in [6, 6.07) is 1.90. The van der Waals surface area contributed by atoms with Gasteiger partial charge in [0.05, 0.1) is 22.5 Å². The average molecular weight is 448 g/mol. The lowest BCUT2D eigenvalue weighted by Crippen LogP contribution is -2.29. The molecule has 0 amide bonds. The van der Waals surface area contributed by atoms with Gasteiger partial charge < -0.3 is 5.73 Å². The van der Waals surface area contributed by atoms with Gasteiger partial charge in [0.1, 0.15) is 5.69 Å². The molecule has 0 unspecified atom stereocenters. The number of hydrogen-bond donors (Lipinski definition) is 1. The van der Waals surface area contributed by atoms with Crippen LogP contribution in [0.25, 0.3) is 5.69 Å². The standard InChI is InChI=1S/C12H7ClF4IN3O/c13-7-1-8(14)10(2-9(7)19)21-11(22)5(3-18)6(4-20-21)12(15,16)17/h1-2,4H,3,19H2. The molecule has 10 heteroatoms. The SMILES string of the molecule is Nc1cc(-n2ncc(C(F)(F)F)c(CI)c2=O)c(F)cc1Cl. The molecule has 2 N–H and O–H groups in total.